The second kappa shape index (κ2) is 6.17. The van der Waals surface area contributed by atoms with Gasteiger partial charge in [-0.2, -0.15) is 4.31 Å². The first kappa shape index (κ1) is 15.4. The number of sulfonamides is 1. The summed E-state index contributed by atoms with van der Waals surface area (Å²) < 4.78 is 26.2. The molecule has 0 spiro atoms. The predicted molar refractivity (Wildman–Crippen MR) is 77.5 cm³/mol. The molecule has 1 fully saturated rings. The van der Waals surface area contributed by atoms with E-state index in [9.17, 15) is 8.42 Å². The third-order valence-corrected chi connectivity index (χ3v) is 5.45. The molecule has 2 N–H and O–H groups in total. The van der Waals surface area contributed by atoms with E-state index in [2.05, 4.69) is 16.9 Å². The van der Waals surface area contributed by atoms with Gasteiger partial charge in [-0.1, -0.05) is 6.07 Å². The number of rotatable bonds is 5. The Morgan fingerprint density at radius 3 is 2.75 bits per heavy atom. The van der Waals surface area contributed by atoms with Crippen molar-refractivity contribution in [1.29, 1.82) is 0 Å². The first-order valence-electron chi connectivity index (χ1n) is 6.73. The van der Waals surface area contributed by atoms with Gasteiger partial charge in [0.2, 0.25) is 0 Å². The molecule has 1 aliphatic heterocycles. The third-order valence-electron chi connectivity index (χ3n) is 3.71. The van der Waals surface area contributed by atoms with Crippen molar-refractivity contribution in [2.24, 2.45) is 11.7 Å². The Morgan fingerprint density at radius 2 is 2.25 bits per heavy atom. The number of hydrogen-bond donors (Lipinski definition) is 1. The summed E-state index contributed by atoms with van der Waals surface area (Å²) in [4.78, 5) is 6.23. The van der Waals surface area contributed by atoms with E-state index in [1.807, 2.05) is 0 Å². The Morgan fingerprint density at radius 1 is 1.50 bits per heavy atom. The van der Waals surface area contributed by atoms with Crippen LogP contribution in [-0.2, 0) is 16.6 Å². The highest BCUT2D eigenvalue weighted by Crippen LogP contribution is 2.19. The Bertz CT molecular complexity index is 544. The lowest BCUT2D eigenvalue weighted by Gasteiger charge is -2.20. The number of nitrogens with zero attached hydrogens (tertiary/aromatic N) is 3. The highest BCUT2D eigenvalue weighted by atomic mass is 32.2. The number of pyridine rings is 1. The second-order valence-corrected chi connectivity index (χ2v) is 7.40. The van der Waals surface area contributed by atoms with Gasteiger partial charge in [-0.3, -0.25) is 0 Å². The van der Waals surface area contributed by atoms with Gasteiger partial charge in [-0.25, -0.2) is 13.4 Å². The smallest absolute Gasteiger partial charge is 0.260 e. The first-order valence-corrected chi connectivity index (χ1v) is 8.17. The summed E-state index contributed by atoms with van der Waals surface area (Å²) in [7, 11) is 0.168. The normalized spacial score (nSPS) is 20.7. The van der Waals surface area contributed by atoms with Crippen LogP contribution in [0.3, 0.4) is 0 Å². The molecular weight excluding hydrogens is 276 g/mol. The lowest BCUT2D eigenvalue weighted by Crippen LogP contribution is -2.33. The Kier molecular flexibility index (Phi) is 4.74. The van der Waals surface area contributed by atoms with Crippen molar-refractivity contribution in [3.05, 3.63) is 23.9 Å². The summed E-state index contributed by atoms with van der Waals surface area (Å²) in [6, 6.07) is 3.23. The fourth-order valence-electron chi connectivity index (χ4n) is 2.48. The van der Waals surface area contributed by atoms with Crippen LogP contribution in [0, 0.1) is 5.92 Å². The Labute approximate surface area is 120 Å². The van der Waals surface area contributed by atoms with E-state index in [1.165, 1.54) is 16.6 Å². The molecule has 1 saturated heterocycles. The van der Waals surface area contributed by atoms with Crippen molar-refractivity contribution in [1.82, 2.24) is 14.2 Å². The number of hydrogen-bond acceptors (Lipinski definition) is 5. The van der Waals surface area contributed by atoms with Crippen LogP contribution in [-0.4, -0.2) is 56.3 Å². The third kappa shape index (κ3) is 3.35. The van der Waals surface area contributed by atoms with Crippen LogP contribution in [0.25, 0.3) is 0 Å². The average molecular weight is 298 g/mol. The SMILES string of the molecule is CN1CCC(CN(C)S(=O)(=O)c2ccc(CN)cn2)C1. The molecule has 1 aromatic heterocycles. The van der Waals surface area contributed by atoms with E-state index in [4.69, 9.17) is 5.73 Å². The van der Waals surface area contributed by atoms with Gasteiger partial charge in [-0.15, -0.1) is 0 Å². The van der Waals surface area contributed by atoms with Crippen LogP contribution in [0.1, 0.15) is 12.0 Å². The van der Waals surface area contributed by atoms with Crippen molar-refractivity contribution in [2.45, 2.75) is 18.0 Å². The predicted octanol–water partition coefficient (Wildman–Crippen LogP) is 0.113. The van der Waals surface area contributed by atoms with Crippen molar-refractivity contribution in [2.75, 3.05) is 33.7 Å². The number of likely N-dealkylation sites (tertiary alicyclic amines) is 1. The van der Waals surface area contributed by atoms with Crippen LogP contribution in [0.2, 0.25) is 0 Å². The molecule has 0 radical (unpaired) electrons. The fourth-order valence-corrected chi connectivity index (χ4v) is 3.63. The summed E-state index contributed by atoms with van der Waals surface area (Å²) >= 11 is 0. The van der Waals surface area contributed by atoms with Gasteiger partial charge in [0.25, 0.3) is 10.0 Å². The lowest BCUT2D eigenvalue weighted by atomic mass is 10.1. The van der Waals surface area contributed by atoms with E-state index in [-0.39, 0.29) is 5.03 Å². The molecule has 1 aromatic rings. The van der Waals surface area contributed by atoms with Gasteiger partial charge in [0.05, 0.1) is 0 Å². The summed E-state index contributed by atoms with van der Waals surface area (Å²) in [5.41, 5.74) is 6.31. The monoisotopic (exact) mass is 298 g/mol. The molecule has 0 amide bonds. The molecule has 6 nitrogen and oxygen atoms in total. The minimum atomic E-state index is -3.51. The van der Waals surface area contributed by atoms with E-state index in [0.29, 0.717) is 19.0 Å². The van der Waals surface area contributed by atoms with Gasteiger partial charge in [-0.05, 0) is 37.6 Å². The lowest BCUT2D eigenvalue weighted by molar-refractivity contribution is 0.356. The summed E-state index contributed by atoms with van der Waals surface area (Å²) in [6.45, 7) is 2.87. The van der Waals surface area contributed by atoms with Gasteiger partial charge in [0.1, 0.15) is 0 Å². The van der Waals surface area contributed by atoms with Crippen LogP contribution in [0.5, 0.6) is 0 Å². The maximum Gasteiger partial charge on any atom is 0.260 e. The molecular formula is C13H22N4O2S. The molecule has 1 unspecified atom stereocenters. The molecule has 112 valence electrons. The molecule has 2 rings (SSSR count). The van der Waals surface area contributed by atoms with Crippen LogP contribution < -0.4 is 5.73 Å². The van der Waals surface area contributed by atoms with Gasteiger partial charge in [0.15, 0.2) is 5.03 Å². The molecule has 0 aromatic carbocycles. The molecule has 0 bridgehead atoms. The summed E-state index contributed by atoms with van der Waals surface area (Å²) in [5, 5.41) is 0.0866. The van der Waals surface area contributed by atoms with E-state index < -0.39 is 10.0 Å². The zero-order valence-electron chi connectivity index (χ0n) is 12.0. The van der Waals surface area contributed by atoms with Crippen LogP contribution >= 0.6 is 0 Å². The van der Waals surface area contributed by atoms with Crippen LogP contribution in [0.4, 0.5) is 0 Å². The van der Waals surface area contributed by atoms with E-state index in [0.717, 1.165) is 25.1 Å². The van der Waals surface area contributed by atoms with Gasteiger partial charge >= 0.3 is 0 Å². The summed E-state index contributed by atoms with van der Waals surface area (Å²) in [5.74, 6) is 0.392. The topological polar surface area (TPSA) is 79.5 Å². The molecule has 7 heteroatoms. The van der Waals surface area contributed by atoms with E-state index in [1.54, 1.807) is 13.1 Å². The molecule has 1 atom stereocenters. The average Bonchev–Trinajstić information content (AvgIpc) is 2.84. The summed E-state index contributed by atoms with van der Waals surface area (Å²) in [6.07, 6.45) is 2.56. The maximum atomic E-state index is 12.4. The molecule has 0 saturated carbocycles. The fraction of sp³-hybridized carbons (Fsp3) is 0.615. The Balaban J connectivity index is 2.08. The quantitative estimate of drug-likeness (QED) is 0.835. The van der Waals surface area contributed by atoms with Crippen molar-refractivity contribution < 1.29 is 8.42 Å². The second-order valence-electron chi connectivity index (χ2n) is 5.41. The highest BCUT2D eigenvalue weighted by molar-refractivity contribution is 7.89. The van der Waals surface area contributed by atoms with Crippen molar-refractivity contribution >= 4 is 10.0 Å². The van der Waals surface area contributed by atoms with Crippen LogP contribution in [0.15, 0.2) is 23.4 Å². The highest BCUT2D eigenvalue weighted by Gasteiger charge is 2.27. The molecule has 2 heterocycles. The first-order chi connectivity index (χ1) is 9.43. The minimum Gasteiger partial charge on any atom is -0.326 e. The molecule has 1 aliphatic rings. The zero-order chi connectivity index (χ0) is 14.8. The standard InChI is InChI=1S/C13H22N4O2S/c1-16-6-5-12(9-16)10-17(2)20(18,19)13-4-3-11(7-14)8-15-13/h3-4,8,12H,5-7,9-10,14H2,1-2H3. The Hall–Kier alpha value is -1.02. The molecule has 20 heavy (non-hydrogen) atoms. The molecule has 0 aliphatic carbocycles. The maximum absolute atomic E-state index is 12.4. The van der Waals surface area contributed by atoms with Gasteiger partial charge < -0.3 is 10.6 Å². The zero-order valence-corrected chi connectivity index (χ0v) is 12.8. The number of aromatic nitrogens is 1. The van der Waals surface area contributed by atoms with Crippen molar-refractivity contribution in [3.63, 3.8) is 0 Å². The largest absolute Gasteiger partial charge is 0.326 e. The van der Waals surface area contributed by atoms with Gasteiger partial charge in [0, 0.05) is 32.9 Å². The minimum absolute atomic E-state index is 0.0866. The number of nitrogens with two attached hydrogens (primary N) is 1. The van der Waals surface area contributed by atoms with E-state index >= 15 is 0 Å². The van der Waals surface area contributed by atoms with Crippen molar-refractivity contribution in [3.8, 4) is 0 Å².